The first kappa shape index (κ1) is 19.7. The molecule has 140 valence electrons. The van der Waals surface area contributed by atoms with E-state index in [2.05, 4.69) is 29.6 Å². The van der Waals surface area contributed by atoms with E-state index in [0.717, 1.165) is 12.0 Å². The van der Waals surface area contributed by atoms with E-state index in [9.17, 15) is 9.59 Å². The summed E-state index contributed by atoms with van der Waals surface area (Å²) in [6, 6.07) is 7.29. The standard InChI is InChI=1S/C20H28N4O2/c1-6-15(5)24-18(9-10-21-24)23-20(26)16-8-7-14(4)17(12-16)22-19(25)11-13(2)3/h7-10,12-13,15H,6,11H2,1-5H3,(H,22,25)(H,23,26). The highest BCUT2D eigenvalue weighted by molar-refractivity contribution is 6.05. The average molecular weight is 356 g/mol. The van der Waals surface area contributed by atoms with E-state index in [1.54, 1.807) is 29.1 Å². The van der Waals surface area contributed by atoms with Gasteiger partial charge in [0, 0.05) is 23.7 Å². The minimum absolute atomic E-state index is 0.0458. The van der Waals surface area contributed by atoms with Crippen molar-refractivity contribution in [1.29, 1.82) is 0 Å². The van der Waals surface area contributed by atoms with Crippen molar-refractivity contribution in [1.82, 2.24) is 9.78 Å². The number of benzene rings is 1. The normalized spacial score (nSPS) is 12.1. The number of nitrogens with zero attached hydrogens (tertiary/aromatic N) is 2. The smallest absolute Gasteiger partial charge is 0.256 e. The summed E-state index contributed by atoms with van der Waals surface area (Å²) >= 11 is 0. The van der Waals surface area contributed by atoms with E-state index in [0.29, 0.717) is 23.5 Å². The van der Waals surface area contributed by atoms with Gasteiger partial charge in [0.15, 0.2) is 0 Å². The average Bonchev–Trinajstić information content (AvgIpc) is 3.03. The van der Waals surface area contributed by atoms with Gasteiger partial charge in [0.25, 0.3) is 5.91 Å². The van der Waals surface area contributed by atoms with E-state index in [4.69, 9.17) is 0 Å². The van der Waals surface area contributed by atoms with Crippen molar-refractivity contribution in [2.24, 2.45) is 5.92 Å². The second-order valence-electron chi connectivity index (χ2n) is 7.05. The Balaban J connectivity index is 2.16. The fourth-order valence-electron chi connectivity index (χ4n) is 2.60. The fourth-order valence-corrected chi connectivity index (χ4v) is 2.60. The Kier molecular flexibility index (Phi) is 6.55. The van der Waals surface area contributed by atoms with Gasteiger partial charge in [-0.1, -0.05) is 26.8 Å². The third-order valence-electron chi connectivity index (χ3n) is 4.29. The predicted octanol–water partition coefficient (Wildman–Crippen LogP) is 4.40. The lowest BCUT2D eigenvalue weighted by Gasteiger charge is -2.15. The summed E-state index contributed by atoms with van der Waals surface area (Å²) in [6.07, 6.45) is 3.04. The summed E-state index contributed by atoms with van der Waals surface area (Å²) < 4.78 is 1.80. The van der Waals surface area contributed by atoms with Crippen LogP contribution in [0, 0.1) is 12.8 Å². The van der Waals surface area contributed by atoms with Gasteiger partial charge in [-0.2, -0.15) is 5.10 Å². The largest absolute Gasteiger partial charge is 0.326 e. The van der Waals surface area contributed by atoms with Crippen LogP contribution in [0.3, 0.4) is 0 Å². The Labute approximate surface area is 155 Å². The molecule has 2 amide bonds. The fraction of sp³-hybridized carbons (Fsp3) is 0.450. The Morgan fingerprint density at radius 2 is 1.88 bits per heavy atom. The second-order valence-corrected chi connectivity index (χ2v) is 7.05. The van der Waals surface area contributed by atoms with Crippen LogP contribution in [0.4, 0.5) is 11.5 Å². The summed E-state index contributed by atoms with van der Waals surface area (Å²) in [6.45, 7) is 10.0. The molecule has 6 heteroatoms. The molecule has 0 fully saturated rings. The van der Waals surface area contributed by atoms with Gasteiger partial charge in [0.05, 0.1) is 12.2 Å². The Morgan fingerprint density at radius 1 is 1.15 bits per heavy atom. The van der Waals surface area contributed by atoms with E-state index < -0.39 is 0 Å². The molecule has 0 aliphatic carbocycles. The molecule has 0 radical (unpaired) electrons. The number of aromatic nitrogens is 2. The number of rotatable bonds is 7. The van der Waals surface area contributed by atoms with Crippen LogP contribution in [0.1, 0.15) is 62.5 Å². The van der Waals surface area contributed by atoms with Crippen LogP contribution in [0.15, 0.2) is 30.5 Å². The topological polar surface area (TPSA) is 76.0 Å². The maximum absolute atomic E-state index is 12.6. The number of anilines is 2. The van der Waals surface area contributed by atoms with Gasteiger partial charge in [-0.05, 0) is 43.9 Å². The molecule has 0 spiro atoms. The molecule has 1 heterocycles. The van der Waals surface area contributed by atoms with Crippen LogP contribution in [0.2, 0.25) is 0 Å². The highest BCUT2D eigenvalue weighted by atomic mass is 16.2. The molecule has 0 saturated heterocycles. The van der Waals surface area contributed by atoms with Crippen molar-refractivity contribution in [2.45, 2.75) is 53.5 Å². The van der Waals surface area contributed by atoms with Gasteiger partial charge in [0.2, 0.25) is 5.91 Å². The molecule has 6 nitrogen and oxygen atoms in total. The number of aryl methyl sites for hydroxylation is 1. The van der Waals surface area contributed by atoms with Crippen LogP contribution >= 0.6 is 0 Å². The highest BCUT2D eigenvalue weighted by Crippen LogP contribution is 2.20. The van der Waals surface area contributed by atoms with Gasteiger partial charge in [0.1, 0.15) is 5.82 Å². The summed E-state index contributed by atoms with van der Waals surface area (Å²) in [7, 11) is 0. The SMILES string of the molecule is CCC(C)n1nccc1NC(=O)c1ccc(C)c(NC(=O)CC(C)C)c1. The van der Waals surface area contributed by atoms with Crippen molar-refractivity contribution in [3.8, 4) is 0 Å². The molecule has 1 aromatic heterocycles. The number of carbonyl (C=O) groups is 2. The van der Waals surface area contributed by atoms with Gasteiger partial charge < -0.3 is 10.6 Å². The number of amides is 2. The molecule has 2 N–H and O–H groups in total. The number of hydrogen-bond acceptors (Lipinski definition) is 3. The van der Waals surface area contributed by atoms with Crippen molar-refractivity contribution < 1.29 is 9.59 Å². The van der Waals surface area contributed by atoms with Gasteiger partial charge >= 0.3 is 0 Å². The molecule has 1 aromatic carbocycles. The Bertz CT molecular complexity index is 780. The van der Waals surface area contributed by atoms with Crippen LogP contribution in [-0.2, 0) is 4.79 Å². The molecule has 0 aliphatic rings. The highest BCUT2D eigenvalue weighted by Gasteiger charge is 2.14. The molecule has 2 aromatic rings. The number of nitrogens with one attached hydrogen (secondary N) is 2. The van der Waals surface area contributed by atoms with Crippen LogP contribution in [0.25, 0.3) is 0 Å². The second kappa shape index (κ2) is 8.65. The molecule has 26 heavy (non-hydrogen) atoms. The summed E-state index contributed by atoms with van der Waals surface area (Å²) in [5.74, 6) is 0.669. The first-order valence-electron chi connectivity index (χ1n) is 9.07. The maximum atomic E-state index is 12.6. The summed E-state index contributed by atoms with van der Waals surface area (Å²) in [5, 5.41) is 10.1. The lowest BCUT2D eigenvalue weighted by Crippen LogP contribution is -2.18. The molecule has 1 atom stereocenters. The zero-order valence-electron chi connectivity index (χ0n) is 16.2. The molecular weight excluding hydrogens is 328 g/mol. The lowest BCUT2D eigenvalue weighted by atomic mass is 10.1. The summed E-state index contributed by atoms with van der Waals surface area (Å²) in [5.41, 5.74) is 2.08. The van der Waals surface area contributed by atoms with Crippen LogP contribution in [-0.4, -0.2) is 21.6 Å². The third-order valence-corrected chi connectivity index (χ3v) is 4.29. The van der Waals surface area contributed by atoms with E-state index in [1.165, 1.54) is 0 Å². The first-order valence-corrected chi connectivity index (χ1v) is 9.07. The number of hydrogen-bond donors (Lipinski definition) is 2. The molecule has 0 aliphatic heterocycles. The Hall–Kier alpha value is -2.63. The minimum Gasteiger partial charge on any atom is -0.326 e. The molecule has 2 rings (SSSR count). The van der Waals surface area contributed by atoms with Gasteiger partial charge in [-0.3, -0.25) is 9.59 Å². The molecule has 0 bridgehead atoms. The maximum Gasteiger partial charge on any atom is 0.256 e. The first-order chi connectivity index (χ1) is 12.3. The van der Waals surface area contributed by atoms with E-state index in [1.807, 2.05) is 26.8 Å². The van der Waals surface area contributed by atoms with Crippen molar-refractivity contribution >= 4 is 23.3 Å². The predicted molar refractivity (Wildman–Crippen MR) is 104 cm³/mol. The van der Waals surface area contributed by atoms with Crippen molar-refractivity contribution in [2.75, 3.05) is 10.6 Å². The van der Waals surface area contributed by atoms with Crippen LogP contribution in [0.5, 0.6) is 0 Å². The molecule has 1 unspecified atom stereocenters. The molecule has 0 saturated carbocycles. The van der Waals surface area contributed by atoms with Crippen molar-refractivity contribution in [3.63, 3.8) is 0 Å². The van der Waals surface area contributed by atoms with Crippen LogP contribution < -0.4 is 10.6 Å². The third kappa shape index (κ3) is 4.94. The molecular formula is C20H28N4O2. The van der Waals surface area contributed by atoms with Crippen molar-refractivity contribution in [3.05, 3.63) is 41.6 Å². The number of carbonyl (C=O) groups excluding carboxylic acids is 2. The van der Waals surface area contributed by atoms with Gasteiger partial charge in [-0.25, -0.2) is 4.68 Å². The zero-order chi connectivity index (χ0) is 19.3. The Morgan fingerprint density at radius 3 is 2.54 bits per heavy atom. The quantitative estimate of drug-likeness (QED) is 0.772. The monoisotopic (exact) mass is 356 g/mol. The van der Waals surface area contributed by atoms with E-state index in [-0.39, 0.29) is 23.8 Å². The summed E-state index contributed by atoms with van der Waals surface area (Å²) in [4.78, 5) is 24.7. The lowest BCUT2D eigenvalue weighted by molar-refractivity contribution is -0.116. The minimum atomic E-state index is -0.227. The van der Waals surface area contributed by atoms with Gasteiger partial charge in [-0.15, -0.1) is 0 Å². The van der Waals surface area contributed by atoms with E-state index >= 15 is 0 Å². The zero-order valence-corrected chi connectivity index (χ0v) is 16.2.